The predicted octanol–water partition coefficient (Wildman–Crippen LogP) is 3.26. The Labute approximate surface area is 149 Å². The Kier molecular flexibility index (Phi) is 5.82. The molecule has 1 amide bonds. The van der Waals surface area contributed by atoms with Crippen molar-refractivity contribution in [1.82, 2.24) is 4.83 Å². The molecule has 0 aromatic heterocycles. The Morgan fingerprint density at radius 3 is 2.33 bits per heavy atom. The molecule has 0 saturated heterocycles. The molecule has 0 radical (unpaired) electrons. The fourth-order valence-electron chi connectivity index (χ4n) is 1.74. The van der Waals surface area contributed by atoms with E-state index in [2.05, 4.69) is 15.2 Å². The maximum atomic E-state index is 12.1. The van der Waals surface area contributed by atoms with Crippen LogP contribution < -0.4 is 10.1 Å². The second-order valence-corrected chi connectivity index (χ2v) is 7.21. The minimum absolute atomic E-state index is 0.0166. The van der Waals surface area contributed by atoms with Gasteiger partial charge in [0.25, 0.3) is 10.0 Å². The molecule has 9 heteroatoms. The lowest BCUT2D eigenvalue weighted by molar-refractivity contribution is -0.114. The molecule has 0 heterocycles. The molecule has 0 fully saturated rings. The summed E-state index contributed by atoms with van der Waals surface area (Å²) in [6, 6.07) is 10.5. The van der Waals surface area contributed by atoms with Crippen molar-refractivity contribution >= 4 is 51.0 Å². The van der Waals surface area contributed by atoms with E-state index in [0.717, 1.165) is 0 Å². The lowest BCUT2D eigenvalue weighted by atomic mass is 10.2. The van der Waals surface area contributed by atoms with E-state index >= 15 is 0 Å². The first-order chi connectivity index (χ1) is 11.3. The number of halogens is 2. The number of nitrogens with zero attached hydrogens (tertiary/aromatic N) is 1. The molecule has 0 aliphatic heterocycles. The Bertz CT molecular complexity index is 881. The van der Waals surface area contributed by atoms with E-state index in [-0.39, 0.29) is 10.8 Å². The van der Waals surface area contributed by atoms with E-state index in [1.165, 1.54) is 37.4 Å². The van der Waals surface area contributed by atoms with E-state index in [1.54, 1.807) is 18.2 Å². The van der Waals surface area contributed by atoms with Gasteiger partial charge in [-0.2, -0.15) is 13.5 Å². The highest BCUT2D eigenvalue weighted by Gasteiger charge is 2.12. The molecule has 2 rings (SSSR count). The van der Waals surface area contributed by atoms with Crippen LogP contribution in [0, 0.1) is 0 Å². The van der Waals surface area contributed by atoms with Crippen LogP contribution in [0.4, 0.5) is 5.69 Å². The molecule has 126 valence electrons. The van der Waals surface area contributed by atoms with Gasteiger partial charge in [0.2, 0.25) is 5.91 Å². The van der Waals surface area contributed by atoms with E-state index in [4.69, 9.17) is 23.2 Å². The van der Waals surface area contributed by atoms with E-state index in [0.29, 0.717) is 21.3 Å². The normalized spacial score (nSPS) is 11.5. The molecule has 0 bridgehead atoms. The molecule has 0 atom stereocenters. The molecule has 6 nitrogen and oxygen atoms in total. The van der Waals surface area contributed by atoms with Crippen LogP contribution in [0.15, 0.2) is 52.5 Å². The number of hydrogen-bond acceptors (Lipinski definition) is 4. The number of hydrogen-bond donors (Lipinski definition) is 2. The van der Waals surface area contributed by atoms with Crippen LogP contribution in [-0.4, -0.2) is 20.5 Å². The maximum Gasteiger partial charge on any atom is 0.276 e. The first-order valence-corrected chi connectivity index (χ1v) is 8.89. The van der Waals surface area contributed by atoms with E-state index < -0.39 is 10.0 Å². The summed E-state index contributed by atoms with van der Waals surface area (Å²) in [4.78, 5) is 13.1. The number of rotatable bonds is 5. The highest BCUT2D eigenvalue weighted by Crippen LogP contribution is 2.21. The molecule has 0 unspecified atom stereocenters. The fraction of sp³-hybridized carbons (Fsp3) is 0.0667. The lowest BCUT2D eigenvalue weighted by Gasteiger charge is -2.05. The van der Waals surface area contributed by atoms with Gasteiger partial charge in [-0.3, -0.25) is 4.79 Å². The van der Waals surface area contributed by atoms with E-state index in [9.17, 15) is 13.2 Å². The molecule has 2 aromatic carbocycles. The number of nitrogens with one attached hydrogen (secondary N) is 2. The summed E-state index contributed by atoms with van der Waals surface area (Å²) < 4.78 is 24.2. The highest BCUT2D eigenvalue weighted by atomic mass is 35.5. The summed E-state index contributed by atoms with van der Waals surface area (Å²) in [5.74, 6) is -0.241. The summed E-state index contributed by atoms with van der Waals surface area (Å²) in [5, 5.41) is 6.99. The Balaban J connectivity index is 2.08. The van der Waals surface area contributed by atoms with Crippen LogP contribution in [0.2, 0.25) is 10.0 Å². The van der Waals surface area contributed by atoms with Crippen molar-refractivity contribution in [3.8, 4) is 0 Å². The molecular formula is C15H13Cl2N3O3S. The minimum atomic E-state index is -3.81. The van der Waals surface area contributed by atoms with Gasteiger partial charge in [-0.15, -0.1) is 0 Å². The van der Waals surface area contributed by atoms with Crippen LogP contribution in [0.3, 0.4) is 0 Å². The zero-order valence-electron chi connectivity index (χ0n) is 12.5. The van der Waals surface area contributed by atoms with Crippen LogP contribution in [-0.2, 0) is 14.8 Å². The fourth-order valence-corrected chi connectivity index (χ4v) is 2.83. The maximum absolute atomic E-state index is 12.1. The highest BCUT2D eigenvalue weighted by molar-refractivity contribution is 7.89. The summed E-state index contributed by atoms with van der Waals surface area (Å²) in [6.45, 7) is 1.37. The molecule has 2 aromatic rings. The smallest absolute Gasteiger partial charge is 0.276 e. The number of hydrazone groups is 1. The SMILES string of the molecule is CC(=O)Nc1ccc(S(=O)(=O)N/N=C/c2ccc(Cl)c(Cl)c2)cc1. The first kappa shape index (κ1) is 18.3. The summed E-state index contributed by atoms with van der Waals surface area (Å²) in [6.07, 6.45) is 1.31. The number of anilines is 1. The van der Waals surface area contributed by atoms with Crippen molar-refractivity contribution < 1.29 is 13.2 Å². The molecule has 0 aliphatic carbocycles. The summed E-state index contributed by atoms with van der Waals surface area (Å²) >= 11 is 11.7. The van der Waals surface area contributed by atoms with Gasteiger partial charge in [-0.05, 0) is 42.0 Å². The topological polar surface area (TPSA) is 87.6 Å². The Morgan fingerprint density at radius 2 is 1.75 bits per heavy atom. The number of sulfonamides is 1. The van der Waals surface area contributed by atoms with Crippen LogP contribution in [0.1, 0.15) is 12.5 Å². The van der Waals surface area contributed by atoms with Gasteiger partial charge in [0.1, 0.15) is 0 Å². The van der Waals surface area contributed by atoms with Crippen molar-refractivity contribution in [2.75, 3.05) is 5.32 Å². The lowest BCUT2D eigenvalue weighted by Crippen LogP contribution is -2.18. The van der Waals surface area contributed by atoms with E-state index in [1.807, 2.05) is 0 Å². The molecule has 2 N–H and O–H groups in total. The van der Waals surface area contributed by atoms with Gasteiger partial charge in [-0.25, -0.2) is 4.83 Å². The predicted molar refractivity (Wildman–Crippen MR) is 95.1 cm³/mol. The van der Waals surface area contributed by atoms with Gasteiger partial charge in [0.15, 0.2) is 0 Å². The van der Waals surface area contributed by atoms with Gasteiger partial charge >= 0.3 is 0 Å². The van der Waals surface area contributed by atoms with Crippen molar-refractivity contribution in [2.45, 2.75) is 11.8 Å². The number of carbonyl (C=O) groups excluding carboxylic acids is 1. The average molecular weight is 386 g/mol. The number of benzene rings is 2. The first-order valence-electron chi connectivity index (χ1n) is 6.65. The average Bonchev–Trinajstić information content (AvgIpc) is 2.50. The number of carbonyl (C=O) groups is 1. The van der Waals surface area contributed by atoms with Crippen LogP contribution in [0.25, 0.3) is 0 Å². The third-order valence-electron chi connectivity index (χ3n) is 2.82. The van der Waals surface area contributed by atoms with Gasteiger partial charge < -0.3 is 5.32 Å². The summed E-state index contributed by atoms with van der Waals surface area (Å²) in [5.41, 5.74) is 1.09. The largest absolute Gasteiger partial charge is 0.326 e. The Morgan fingerprint density at radius 1 is 1.08 bits per heavy atom. The monoisotopic (exact) mass is 385 g/mol. The molecule has 0 saturated carbocycles. The van der Waals surface area contributed by atoms with Crippen molar-refractivity contribution in [2.24, 2.45) is 5.10 Å². The van der Waals surface area contributed by atoms with Gasteiger partial charge in [0.05, 0.1) is 21.2 Å². The van der Waals surface area contributed by atoms with Crippen LogP contribution in [0.5, 0.6) is 0 Å². The zero-order chi connectivity index (χ0) is 17.7. The van der Waals surface area contributed by atoms with Crippen LogP contribution >= 0.6 is 23.2 Å². The second kappa shape index (κ2) is 7.65. The second-order valence-electron chi connectivity index (χ2n) is 4.73. The van der Waals surface area contributed by atoms with Crippen molar-refractivity contribution in [3.05, 3.63) is 58.1 Å². The minimum Gasteiger partial charge on any atom is -0.326 e. The molecule has 24 heavy (non-hydrogen) atoms. The summed E-state index contributed by atoms with van der Waals surface area (Å²) in [7, 11) is -3.81. The molecule has 0 spiro atoms. The molecular weight excluding hydrogens is 373 g/mol. The van der Waals surface area contributed by atoms with Crippen molar-refractivity contribution in [3.63, 3.8) is 0 Å². The quantitative estimate of drug-likeness (QED) is 0.611. The third-order valence-corrected chi connectivity index (χ3v) is 4.79. The molecule has 0 aliphatic rings. The van der Waals surface area contributed by atoms with Crippen molar-refractivity contribution in [1.29, 1.82) is 0 Å². The standard InChI is InChI=1S/C15H13Cl2N3O3S/c1-10(21)19-12-3-5-13(6-4-12)24(22,23)20-18-9-11-2-7-14(16)15(17)8-11/h2-9,20H,1H3,(H,19,21)/b18-9+. The van der Waals surface area contributed by atoms with Gasteiger partial charge in [-0.1, -0.05) is 29.3 Å². The third kappa shape index (κ3) is 4.95. The van der Waals surface area contributed by atoms with Gasteiger partial charge in [0, 0.05) is 12.6 Å². The number of amides is 1. The zero-order valence-corrected chi connectivity index (χ0v) is 14.8. The Hall–Kier alpha value is -2.09.